The Morgan fingerprint density at radius 3 is 1.49 bits per heavy atom. The highest BCUT2D eigenvalue weighted by Crippen LogP contribution is 2.17. The molecule has 0 aliphatic carbocycles. The minimum atomic E-state index is -0.791. The van der Waals surface area contributed by atoms with Crippen LogP contribution in [0.25, 0.3) is 0 Å². The third-order valence-corrected chi connectivity index (χ3v) is 10.9. The predicted octanol–water partition coefficient (Wildman–Crippen LogP) is 14.3. The van der Waals surface area contributed by atoms with Crippen LogP contribution in [0, 0.1) is 0 Å². The van der Waals surface area contributed by atoms with Crippen molar-refractivity contribution in [1.29, 1.82) is 0 Å². The summed E-state index contributed by atoms with van der Waals surface area (Å²) in [6, 6.07) is -0.706. The number of esters is 1. The molecule has 0 aliphatic heterocycles. The Morgan fingerprint density at radius 2 is 0.930 bits per heavy atom. The zero-order chi connectivity index (χ0) is 41.7. The van der Waals surface area contributed by atoms with E-state index < -0.39 is 18.2 Å². The van der Waals surface area contributed by atoms with Crippen LogP contribution in [0.1, 0.15) is 239 Å². The number of carbonyl (C=O) groups is 2. The lowest BCUT2D eigenvalue weighted by atomic mass is 10.0. The molecule has 6 heteroatoms. The molecule has 0 aromatic heterocycles. The van der Waals surface area contributed by atoms with E-state index in [4.69, 9.17) is 4.74 Å². The number of unbranched alkanes of at least 4 members (excludes halogenated alkanes) is 23. The Kier molecular flexibility index (Phi) is 43.2. The van der Waals surface area contributed by atoms with Crippen LogP contribution in [-0.2, 0) is 14.3 Å². The van der Waals surface area contributed by atoms with Crippen LogP contribution in [0.2, 0.25) is 0 Å². The first-order chi connectivity index (χ1) is 28.0. The first-order valence-corrected chi connectivity index (χ1v) is 24.4. The van der Waals surface area contributed by atoms with Gasteiger partial charge in [-0.15, -0.1) is 0 Å². The molecule has 0 rings (SSSR count). The maximum absolute atomic E-state index is 13.1. The van der Waals surface area contributed by atoms with Crippen LogP contribution in [-0.4, -0.2) is 46.9 Å². The molecule has 0 heterocycles. The highest BCUT2D eigenvalue weighted by Gasteiger charge is 2.24. The summed E-state index contributed by atoms with van der Waals surface area (Å²) in [4.78, 5) is 26.0. The molecule has 3 unspecified atom stereocenters. The highest BCUT2D eigenvalue weighted by atomic mass is 16.5. The fourth-order valence-corrected chi connectivity index (χ4v) is 7.14. The molecular formula is C51H93NO5. The molecule has 1 amide bonds. The topological polar surface area (TPSA) is 95.9 Å². The number of rotatable bonds is 43. The van der Waals surface area contributed by atoms with Gasteiger partial charge >= 0.3 is 5.97 Å². The Labute approximate surface area is 353 Å². The third-order valence-electron chi connectivity index (χ3n) is 10.9. The van der Waals surface area contributed by atoms with E-state index in [1.54, 1.807) is 0 Å². The first kappa shape index (κ1) is 54.8. The minimum absolute atomic E-state index is 0.0606. The number of carbonyl (C=O) groups excluding carboxylic acids is 2. The maximum atomic E-state index is 13.1. The van der Waals surface area contributed by atoms with Crippen molar-refractivity contribution in [2.24, 2.45) is 0 Å². The summed E-state index contributed by atoms with van der Waals surface area (Å²) in [7, 11) is 0. The van der Waals surface area contributed by atoms with E-state index in [0.717, 1.165) is 96.3 Å². The molecule has 0 radical (unpaired) electrons. The normalized spacial score (nSPS) is 13.7. The van der Waals surface area contributed by atoms with E-state index in [1.165, 1.54) is 96.3 Å². The van der Waals surface area contributed by atoms with Crippen LogP contribution >= 0.6 is 0 Å². The summed E-state index contributed by atoms with van der Waals surface area (Å²) < 4.78 is 5.88. The molecule has 6 nitrogen and oxygen atoms in total. The average molecular weight is 800 g/mol. The van der Waals surface area contributed by atoms with E-state index in [1.807, 2.05) is 0 Å². The van der Waals surface area contributed by atoms with Gasteiger partial charge in [-0.25, -0.2) is 0 Å². The number of aliphatic hydroxyl groups excluding tert-OH is 2. The Bertz CT molecular complexity index is 988. The molecule has 0 bridgehead atoms. The van der Waals surface area contributed by atoms with E-state index in [2.05, 4.69) is 74.7 Å². The van der Waals surface area contributed by atoms with Gasteiger partial charge in [0.15, 0.2) is 0 Å². The molecule has 332 valence electrons. The second-order valence-corrected chi connectivity index (χ2v) is 16.5. The number of aliphatic hydroxyl groups is 2. The molecule has 0 saturated heterocycles. The van der Waals surface area contributed by atoms with E-state index in [-0.39, 0.29) is 24.9 Å². The maximum Gasteiger partial charge on any atom is 0.306 e. The lowest BCUT2D eigenvalue weighted by molar-refractivity contribution is -0.151. The smallest absolute Gasteiger partial charge is 0.306 e. The van der Waals surface area contributed by atoms with E-state index in [9.17, 15) is 19.8 Å². The van der Waals surface area contributed by atoms with Gasteiger partial charge in [0.1, 0.15) is 6.10 Å². The van der Waals surface area contributed by atoms with Crippen LogP contribution in [0.4, 0.5) is 0 Å². The van der Waals surface area contributed by atoms with Gasteiger partial charge in [0.2, 0.25) is 5.91 Å². The Hall–Kier alpha value is -2.18. The first-order valence-electron chi connectivity index (χ1n) is 24.4. The zero-order valence-electron chi connectivity index (χ0n) is 37.7. The second kappa shape index (κ2) is 44.9. The fourth-order valence-electron chi connectivity index (χ4n) is 7.14. The van der Waals surface area contributed by atoms with E-state index in [0.29, 0.717) is 19.3 Å². The number of hydrogen-bond acceptors (Lipinski definition) is 5. The molecule has 0 fully saturated rings. The van der Waals surface area contributed by atoms with Gasteiger partial charge in [-0.05, 0) is 83.5 Å². The number of allylic oxidation sites excluding steroid dienone is 8. The van der Waals surface area contributed by atoms with E-state index >= 15 is 0 Å². The van der Waals surface area contributed by atoms with Gasteiger partial charge in [-0.1, -0.05) is 191 Å². The van der Waals surface area contributed by atoms with Gasteiger partial charge < -0.3 is 20.3 Å². The summed E-state index contributed by atoms with van der Waals surface area (Å²) >= 11 is 0. The molecule has 0 aromatic rings. The third kappa shape index (κ3) is 40.4. The highest BCUT2D eigenvalue weighted by molar-refractivity contribution is 5.77. The molecule has 57 heavy (non-hydrogen) atoms. The largest absolute Gasteiger partial charge is 0.462 e. The minimum Gasteiger partial charge on any atom is -0.462 e. The van der Waals surface area contributed by atoms with Crippen molar-refractivity contribution in [1.82, 2.24) is 5.32 Å². The molecule has 3 atom stereocenters. The van der Waals surface area contributed by atoms with Gasteiger partial charge in [0.05, 0.1) is 25.2 Å². The SMILES string of the molecule is CCC/C=C\CCCCCC(CC(=O)NC(CO)C(O)CCCCCCCCCCCCC)OC(=O)CCCCCCCC/C=C\C/C=C\C/C=C\CCCCC. The molecule has 0 aliphatic rings. The molecule has 3 N–H and O–H groups in total. The van der Waals surface area contributed by atoms with Crippen molar-refractivity contribution in [2.45, 2.75) is 257 Å². The van der Waals surface area contributed by atoms with Crippen molar-refractivity contribution in [2.75, 3.05) is 6.61 Å². The number of nitrogens with one attached hydrogen (secondary N) is 1. The summed E-state index contributed by atoms with van der Waals surface area (Å²) in [5, 5.41) is 23.6. The lowest BCUT2D eigenvalue weighted by Crippen LogP contribution is -2.46. The van der Waals surface area contributed by atoms with Crippen LogP contribution in [0.3, 0.4) is 0 Å². The van der Waals surface area contributed by atoms with Crippen LogP contribution < -0.4 is 5.32 Å². The average Bonchev–Trinajstić information content (AvgIpc) is 3.20. The van der Waals surface area contributed by atoms with Crippen molar-refractivity contribution < 1.29 is 24.5 Å². The van der Waals surface area contributed by atoms with Crippen molar-refractivity contribution in [3.63, 3.8) is 0 Å². The standard InChI is InChI=1S/C51H93NO5/c1-4-7-10-13-16-19-21-22-23-24-25-26-27-28-30-32-35-38-41-44-51(56)57-47(42-39-36-33-18-15-12-9-6-3)45-50(55)52-48(46-53)49(54)43-40-37-34-31-29-20-17-14-11-8-5-2/h12,15-16,19,22-23,25-26,47-49,53-54H,4-11,13-14,17-18,20-21,24,27-46H2,1-3H3,(H,52,55)/b15-12-,19-16-,23-22-,26-25-. The van der Waals surface area contributed by atoms with Gasteiger partial charge in [-0.3, -0.25) is 9.59 Å². The molecule has 0 spiro atoms. The number of hydrogen-bond donors (Lipinski definition) is 3. The van der Waals surface area contributed by atoms with Crippen LogP contribution in [0.5, 0.6) is 0 Å². The van der Waals surface area contributed by atoms with Crippen molar-refractivity contribution in [3.8, 4) is 0 Å². The fraction of sp³-hybridized carbons (Fsp3) is 0.804. The lowest BCUT2D eigenvalue weighted by Gasteiger charge is -2.24. The summed E-state index contributed by atoms with van der Waals surface area (Å²) in [5.41, 5.74) is 0. The van der Waals surface area contributed by atoms with Gasteiger partial charge in [0, 0.05) is 6.42 Å². The van der Waals surface area contributed by atoms with Crippen LogP contribution in [0.15, 0.2) is 48.6 Å². The molecule has 0 aromatic carbocycles. The summed E-state index contributed by atoms with van der Waals surface area (Å²) in [5.74, 6) is -0.507. The summed E-state index contributed by atoms with van der Waals surface area (Å²) in [6.07, 6.45) is 53.2. The van der Waals surface area contributed by atoms with Crippen molar-refractivity contribution >= 4 is 11.9 Å². The summed E-state index contributed by atoms with van der Waals surface area (Å²) in [6.45, 7) is 6.36. The van der Waals surface area contributed by atoms with Gasteiger partial charge in [0.25, 0.3) is 0 Å². The second-order valence-electron chi connectivity index (χ2n) is 16.5. The zero-order valence-corrected chi connectivity index (χ0v) is 37.7. The number of ether oxygens (including phenoxy) is 1. The monoisotopic (exact) mass is 800 g/mol. The quantitative estimate of drug-likeness (QED) is 0.0324. The van der Waals surface area contributed by atoms with Gasteiger partial charge in [-0.2, -0.15) is 0 Å². The molecular weight excluding hydrogens is 707 g/mol. The predicted molar refractivity (Wildman–Crippen MR) is 245 cm³/mol. The number of amides is 1. The van der Waals surface area contributed by atoms with Crippen molar-refractivity contribution in [3.05, 3.63) is 48.6 Å². The Morgan fingerprint density at radius 1 is 0.509 bits per heavy atom. The molecule has 0 saturated carbocycles. The Balaban J connectivity index is 4.45.